The summed E-state index contributed by atoms with van der Waals surface area (Å²) in [6, 6.07) is 10.6. The minimum atomic E-state index is -0.345. The lowest BCUT2D eigenvalue weighted by Gasteiger charge is -2.20. The van der Waals surface area contributed by atoms with Gasteiger partial charge in [0.1, 0.15) is 0 Å². The summed E-state index contributed by atoms with van der Waals surface area (Å²) in [6.45, 7) is 3.94. The third kappa shape index (κ3) is 3.19. The molecule has 104 valence electrons. The summed E-state index contributed by atoms with van der Waals surface area (Å²) in [4.78, 5) is 14.8. The Hall–Kier alpha value is -2.27. The van der Waals surface area contributed by atoms with Gasteiger partial charge in [0.25, 0.3) is 5.69 Å². The van der Waals surface area contributed by atoms with Crippen LogP contribution in [0, 0.1) is 10.1 Å². The zero-order chi connectivity index (χ0) is 14.5. The minimum absolute atomic E-state index is 0.0681. The zero-order valence-corrected chi connectivity index (χ0v) is 11.5. The Balaban J connectivity index is 2.16. The smallest absolute Gasteiger partial charge is 0.274 e. The molecule has 2 rings (SSSR count). The summed E-state index contributed by atoms with van der Waals surface area (Å²) >= 11 is 0. The van der Waals surface area contributed by atoms with Crippen molar-refractivity contribution in [2.24, 2.45) is 0 Å². The van der Waals surface area contributed by atoms with Crippen LogP contribution in [0.4, 0.5) is 5.69 Å². The Morgan fingerprint density at radius 1 is 1.15 bits per heavy atom. The number of pyridine rings is 1. The first-order valence-corrected chi connectivity index (χ1v) is 6.49. The highest BCUT2D eigenvalue weighted by Crippen LogP contribution is 2.26. The van der Waals surface area contributed by atoms with E-state index >= 15 is 0 Å². The van der Waals surface area contributed by atoms with Gasteiger partial charge in [0.15, 0.2) is 0 Å². The fourth-order valence-electron chi connectivity index (χ4n) is 2.21. The van der Waals surface area contributed by atoms with Gasteiger partial charge in [-0.15, -0.1) is 0 Å². The van der Waals surface area contributed by atoms with E-state index < -0.39 is 0 Å². The largest absolute Gasteiger partial charge is 0.303 e. The summed E-state index contributed by atoms with van der Waals surface area (Å²) in [7, 11) is 0. The van der Waals surface area contributed by atoms with E-state index in [1.165, 1.54) is 6.07 Å². The predicted octanol–water partition coefficient (Wildman–Crippen LogP) is 3.40. The molecule has 5 heteroatoms. The number of rotatable bonds is 5. The molecule has 1 heterocycles. The van der Waals surface area contributed by atoms with Crippen LogP contribution in [0.3, 0.4) is 0 Å². The number of nitro benzene ring substituents is 1. The average molecular weight is 271 g/mol. The van der Waals surface area contributed by atoms with Crippen molar-refractivity contribution in [3.63, 3.8) is 0 Å². The lowest BCUT2D eigenvalue weighted by Crippen LogP contribution is -2.23. The molecule has 0 aliphatic carbocycles. The SMILES string of the molecule is CC(N[C@H](C)c1cccnc1)c1ccccc1[N+](=O)[O-]. The lowest BCUT2D eigenvalue weighted by molar-refractivity contribution is -0.385. The summed E-state index contributed by atoms with van der Waals surface area (Å²) in [5.74, 6) is 0. The predicted molar refractivity (Wildman–Crippen MR) is 77.3 cm³/mol. The first kappa shape index (κ1) is 14.1. The van der Waals surface area contributed by atoms with Crippen molar-refractivity contribution in [2.75, 3.05) is 0 Å². The van der Waals surface area contributed by atoms with Gasteiger partial charge in [-0.3, -0.25) is 15.1 Å². The number of nitrogens with one attached hydrogen (secondary N) is 1. The van der Waals surface area contributed by atoms with Crippen molar-refractivity contribution in [3.05, 3.63) is 70.0 Å². The van der Waals surface area contributed by atoms with E-state index in [9.17, 15) is 10.1 Å². The molecule has 0 aliphatic rings. The van der Waals surface area contributed by atoms with Crippen LogP contribution in [0.5, 0.6) is 0 Å². The summed E-state index contributed by atoms with van der Waals surface area (Å²) in [5, 5.41) is 14.4. The van der Waals surface area contributed by atoms with Crippen LogP contribution in [0.25, 0.3) is 0 Å². The van der Waals surface area contributed by atoms with Gasteiger partial charge in [0.05, 0.1) is 4.92 Å². The van der Waals surface area contributed by atoms with E-state index in [4.69, 9.17) is 0 Å². The van der Waals surface area contributed by atoms with Gasteiger partial charge >= 0.3 is 0 Å². The van der Waals surface area contributed by atoms with Crippen LogP contribution in [-0.4, -0.2) is 9.91 Å². The van der Waals surface area contributed by atoms with Gasteiger partial charge in [0.2, 0.25) is 0 Å². The number of nitro groups is 1. The molecule has 0 aliphatic heterocycles. The summed E-state index contributed by atoms with van der Waals surface area (Å²) < 4.78 is 0. The van der Waals surface area contributed by atoms with E-state index in [1.54, 1.807) is 24.5 Å². The van der Waals surface area contributed by atoms with Crippen LogP contribution >= 0.6 is 0 Å². The average Bonchev–Trinajstić information content (AvgIpc) is 2.48. The van der Waals surface area contributed by atoms with Crippen molar-refractivity contribution in [1.82, 2.24) is 10.3 Å². The molecule has 20 heavy (non-hydrogen) atoms. The number of benzene rings is 1. The molecule has 0 bridgehead atoms. The van der Waals surface area contributed by atoms with Gasteiger partial charge in [-0.05, 0) is 25.5 Å². The van der Waals surface area contributed by atoms with Gasteiger partial charge in [-0.2, -0.15) is 0 Å². The molecule has 1 aromatic carbocycles. The highest BCUT2D eigenvalue weighted by atomic mass is 16.6. The number of nitrogens with zero attached hydrogens (tertiary/aromatic N) is 2. The van der Waals surface area contributed by atoms with Crippen LogP contribution in [0.15, 0.2) is 48.8 Å². The van der Waals surface area contributed by atoms with Gasteiger partial charge in [0, 0.05) is 36.1 Å². The third-order valence-corrected chi connectivity index (χ3v) is 3.28. The van der Waals surface area contributed by atoms with Crippen molar-refractivity contribution in [1.29, 1.82) is 0 Å². The highest BCUT2D eigenvalue weighted by Gasteiger charge is 2.19. The van der Waals surface area contributed by atoms with Gasteiger partial charge < -0.3 is 5.32 Å². The maximum Gasteiger partial charge on any atom is 0.274 e. The molecule has 2 atom stereocenters. The Labute approximate surface area is 117 Å². The van der Waals surface area contributed by atoms with E-state index in [0.29, 0.717) is 5.56 Å². The number of hydrogen-bond acceptors (Lipinski definition) is 4. The number of para-hydroxylation sites is 1. The molecule has 0 saturated carbocycles. The maximum absolute atomic E-state index is 11.0. The monoisotopic (exact) mass is 271 g/mol. The summed E-state index contributed by atoms with van der Waals surface area (Å²) in [6.07, 6.45) is 3.52. The van der Waals surface area contributed by atoms with E-state index in [1.807, 2.05) is 32.0 Å². The van der Waals surface area contributed by atoms with E-state index in [-0.39, 0.29) is 22.7 Å². The minimum Gasteiger partial charge on any atom is -0.303 e. The molecule has 2 aromatic rings. The van der Waals surface area contributed by atoms with E-state index in [2.05, 4.69) is 10.3 Å². The quantitative estimate of drug-likeness (QED) is 0.668. The van der Waals surface area contributed by atoms with Crippen LogP contribution in [0.1, 0.15) is 37.1 Å². The first-order valence-electron chi connectivity index (χ1n) is 6.49. The molecular weight excluding hydrogens is 254 g/mol. The summed E-state index contributed by atoms with van der Waals surface area (Å²) in [5.41, 5.74) is 1.89. The second-order valence-electron chi connectivity index (χ2n) is 4.71. The molecule has 0 fully saturated rings. The van der Waals surface area contributed by atoms with Crippen LogP contribution in [-0.2, 0) is 0 Å². The molecule has 0 saturated heterocycles. The van der Waals surface area contributed by atoms with Crippen LogP contribution in [0.2, 0.25) is 0 Å². The van der Waals surface area contributed by atoms with Gasteiger partial charge in [-0.25, -0.2) is 0 Å². The molecule has 1 unspecified atom stereocenters. The lowest BCUT2D eigenvalue weighted by atomic mass is 10.0. The standard InChI is InChI=1S/C15H17N3O2/c1-11(13-6-5-9-16-10-13)17-12(2)14-7-3-4-8-15(14)18(19)20/h3-12,17H,1-2H3/t11-,12?/m1/s1. The fourth-order valence-corrected chi connectivity index (χ4v) is 2.21. The van der Waals surface area contributed by atoms with Crippen molar-refractivity contribution >= 4 is 5.69 Å². The molecular formula is C15H17N3O2. The Morgan fingerprint density at radius 2 is 1.90 bits per heavy atom. The Morgan fingerprint density at radius 3 is 2.55 bits per heavy atom. The topological polar surface area (TPSA) is 68.1 Å². The second kappa shape index (κ2) is 6.25. The third-order valence-electron chi connectivity index (χ3n) is 3.28. The fraction of sp³-hybridized carbons (Fsp3) is 0.267. The molecule has 0 spiro atoms. The highest BCUT2D eigenvalue weighted by molar-refractivity contribution is 5.41. The Bertz CT molecular complexity index is 587. The van der Waals surface area contributed by atoms with Crippen LogP contribution < -0.4 is 5.32 Å². The second-order valence-corrected chi connectivity index (χ2v) is 4.71. The number of aromatic nitrogens is 1. The first-order chi connectivity index (χ1) is 9.59. The zero-order valence-electron chi connectivity index (χ0n) is 11.5. The van der Waals surface area contributed by atoms with Gasteiger partial charge in [-0.1, -0.05) is 24.3 Å². The Kier molecular flexibility index (Phi) is 4.42. The molecule has 1 aromatic heterocycles. The normalized spacial score (nSPS) is 13.7. The van der Waals surface area contributed by atoms with Crippen molar-refractivity contribution in [3.8, 4) is 0 Å². The van der Waals surface area contributed by atoms with Crippen molar-refractivity contribution < 1.29 is 4.92 Å². The molecule has 0 amide bonds. The molecule has 0 radical (unpaired) electrons. The van der Waals surface area contributed by atoms with E-state index in [0.717, 1.165) is 5.56 Å². The molecule has 1 N–H and O–H groups in total. The number of hydrogen-bond donors (Lipinski definition) is 1. The molecule has 5 nitrogen and oxygen atoms in total. The van der Waals surface area contributed by atoms with Crippen molar-refractivity contribution in [2.45, 2.75) is 25.9 Å². The maximum atomic E-state index is 11.0.